The largest absolute Gasteiger partial charge is 0.335 e. The fourth-order valence-electron chi connectivity index (χ4n) is 3.59. The van der Waals surface area contributed by atoms with Crippen LogP contribution >= 0.6 is 0 Å². The number of aryl methyl sites for hydroxylation is 1. The number of nitrogens with zero attached hydrogens (tertiary/aromatic N) is 2. The molecule has 37 heavy (non-hydrogen) atoms. The first-order valence-corrected chi connectivity index (χ1v) is 11.3. The van der Waals surface area contributed by atoms with Crippen LogP contribution in [0.25, 0.3) is 0 Å². The van der Waals surface area contributed by atoms with Gasteiger partial charge in [-0.25, -0.2) is 15.1 Å². The highest BCUT2D eigenvalue weighted by Gasteiger charge is 2.40. The molecule has 1 fully saturated rings. The molecule has 3 N–H and O–H groups in total. The van der Waals surface area contributed by atoms with Gasteiger partial charge in [0.2, 0.25) is 11.8 Å². The summed E-state index contributed by atoms with van der Waals surface area (Å²) in [4.78, 5) is 62.8. The molecule has 0 unspecified atom stereocenters. The van der Waals surface area contributed by atoms with Gasteiger partial charge < -0.3 is 5.32 Å². The standard InChI is InChI=1S/C27H23N5O5/c1-17-7-13-21(14-8-17)32-26(36)22(25(35)30-27(32)37)16-28-31-24(34)19-9-11-20(12-10-19)29-23(33)15-18-5-3-2-4-6-18/h2-14,16,22H,15H2,1H3,(H,29,33)(H,31,34)(H,30,35,37)/b28-16-/t22-/m1/s1. The number of urea groups is 1. The number of hydrogen-bond donors (Lipinski definition) is 3. The average molecular weight is 498 g/mol. The summed E-state index contributed by atoms with van der Waals surface area (Å²) in [5.41, 5.74) is 5.15. The maximum absolute atomic E-state index is 12.8. The van der Waals surface area contributed by atoms with Gasteiger partial charge in [-0.1, -0.05) is 48.0 Å². The van der Waals surface area contributed by atoms with Crippen LogP contribution in [-0.2, 0) is 20.8 Å². The Labute approximate surface area is 212 Å². The van der Waals surface area contributed by atoms with E-state index in [2.05, 4.69) is 21.2 Å². The topological polar surface area (TPSA) is 137 Å². The molecule has 186 valence electrons. The van der Waals surface area contributed by atoms with Gasteiger partial charge in [-0.05, 0) is 48.9 Å². The van der Waals surface area contributed by atoms with E-state index in [1.54, 1.807) is 36.4 Å². The van der Waals surface area contributed by atoms with Crippen molar-refractivity contribution in [3.8, 4) is 0 Å². The lowest BCUT2D eigenvalue weighted by molar-refractivity contribution is -0.131. The molecule has 0 saturated carbocycles. The minimum atomic E-state index is -1.40. The molecule has 1 aliphatic rings. The van der Waals surface area contributed by atoms with Crippen LogP contribution in [0.4, 0.5) is 16.2 Å². The van der Waals surface area contributed by atoms with Crippen LogP contribution in [0, 0.1) is 12.8 Å². The molecule has 10 heteroatoms. The zero-order valence-electron chi connectivity index (χ0n) is 19.8. The Balaban J connectivity index is 1.35. The molecule has 1 saturated heterocycles. The monoisotopic (exact) mass is 497 g/mol. The van der Waals surface area contributed by atoms with E-state index in [1.165, 1.54) is 12.1 Å². The summed E-state index contributed by atoms with van der Waals surface area (Å²) in [7, 11) is 0. The van der Waals surface area contributed by atoms with Gasteiger partial charge in [-0.2, -0.15) is 5.10 Å². The quantitative estimate of drug-likeness (QED) is 0.262. The van der Waals surface area contributed by atoms with Crippen molar-refractivity contribution < 1.29 is 24.0 Å². The SMILES string of the molecule is Cc1ccc(N2C(=O)NC(=O)[C@@H](/C=N\NC(=O)c3ccc(NC(=O)Cc4ccccc4)cc3)C2=O)cc1. The highest BCUT2D eigenvalue weighted by molar-refractivity contribution is 6.32. The van der Waals surface area contributed by atoms with E-state index in [9.17, 15) is 24.0 Å². The third-order valence-electron chi connectivity index (χ3n) is 5.52. The third kappa shape index (κ3) is 6.12. The second kappa shape index (κ2) is 11.1. The molecule has 0 aliphatic carbocycles. The van der Waals surface area contributed by atoms with Crippen LogP contribution in [0.2, 0.25) is 0 Å². The number of anilines is 2. The predicted molar refractivity (Wildman–Crippen MR) is 137 cm³/mol. The van der Waals surface area contributed by atoms with Gasteiger partial charge in [0.15, 0.2) is 5.92 Å². The molecule has 4 rings (SSSR count). The van der Waals surface area contributed by atoms with Crippen molar-refractivity contribution in [1.29, 1.82) is 0 Å². The van der Waals surface area contributed by atoms with Gasteiger partial charge >= 0.3 is 6.03 Å². The second-order valence-electron chi connectivity index (χ2n) is 8.29. The molecule has 0 bridgehead atoms. The zero-order valence-corrected chi connectivity index (χ0v) is 19.8. The first kappa shape index (κ1) is 25.0. The molecule has 3 aromatic rings. The van der Waals surface area contributed by atoms with Crippen molar-refractivity contribution in [2.75, 3.05) is 10.2 Å². The van der Waals surface area contributed by atoms with Crippen molar-refractivity contribution in [3.63, 3.8) is 0 Å². The first-order valence-electron chi connectivity index (χ1n) is 11.3. The van der Waals surface area contributed by atoms with Gasteiger partial charge in [0, 0.05) is 17.5 Å². The number of benzene rings is 3. The van der Waals surface area contributed by atoms with Gasteiger partial charge in [0.25, 0.3) is 11.8 Å². The van der Waals surface area contributed by atoms with E-state index in [0.717, 1.165) is 22.2 Å². The lowest BCUT2D eigenvalue weighted by Gasteiger charge is -2.28. The molecular formula is C27H23N5O5. The van der Waals surface area contributed by atoms with E-state index in [-0.39, 0.29) is 17.9 Å². The lowest BCUT2D eigenvalue weighted by Crippen LogP contribution is -2.58. The fraction of sp³-hybridized carbons (Fsp3) is 0.111. The number of barbiturate groups is 1. The number of hydrogen-bond acceptors (Lipinski definition) is 6. The van der Waals surface area contributed by atoms with E-state index in [1.807, 2.05) is 37.3 Å². The Morgan fingerprint density at radius 2 is 1.62 bits per heavy atom. The van der Waals surface area contributed by atoms with Crippen molar-refractivity contribution >= 4 is 47.2 Å². The van der Waals surface area contributed by atoms with E-state index in [4.69, 9.17) is 0 Å². The Morgan fingerprint density at radius 3 is 2.30 bits per heavy atom. The van der Waals surface area contributed by atoms with Crippen LogP contribution in [0.1, 0.15) is 21.5 Å². The molecule has 3 aromatic carbocycles. The molecule has 6 amide bonds. The number of rotatable bonds is 7. The second-order valence-corrected chi connectivity index (χ2v) is 8.29. The van der Waals surface area contributed by atoms with Crippen molar-refractivity contribution in [2.45, 2.75) is 13.3 Å². The van der Waals surface area contributed by atoms with Crippen LogP contribution in [0.3, 0.4) is 0 Å². The van der Waals surface area contributed by atoms with E-state index < -0.39 is 29.7 Å². The normalized spacial score (nSPS) is 15.4. The fourth-order valence-corrected chi connectivity index (χ4v) is 3.59. The molecule has 0 radical (unpaired) electrons. The molecule has 1 heterocycles. The molecule has 0 aromatic heterocycles. The van der Waals surface area contributed by atoms with Gasteiger partial charge in [-0.3, -0.25) is 24.5 Å². The number of carbonyl (C=O) groups is 5. The summed E-state index contributed by atoms with van der Waals surface area (Å²) in [6.45, 7) is 1.86. The average Bonchev–Trinajstić information content (AvgIpc) is 2.88. The summed E-state index contributed by atoms with van der Waals surface area (Å²) in [6.07, 6.45) is 1.19. The van der Waals surface area contributed by atoms with Gasteiger partial charge in [0.1, 0.15) is 0 Å². The molecule has 1 atom stereocenters. The van der Waals surface area contributed by atoms with Crippen LogP contribution in [0.5, 0.6) is 0 Å². The maximum Gasteiger partial charge on any atom is 0.335 e. The highest BCUT2D eigenvalue weighted by atomic mass is 16.2. The predicted octanol–water partition coefficient (Wildman–Crippen LogP) is 2.79. The van der Waals surface area contributed by atoms with Crippen molar-refractivity contribution in [1.82, 2.24) is 10.7 Å². The molecule has 10 nitrogen and oxygen atoms in total. The molecular weight excluding hydrogens is 474 g/mol. The summed E-state index contributed by atoms with van der Waals surface area (Å²) in [6, 6.07) is 21.2. The Bertz CT molecular complexity index is 1370. The number of carbonyl (C=O) groups excluding carboxylic acids is 5. The number of imide groups is 2. The Kier molecular flexibility index (Phi) is 7.48. The minimum Gasteiger partial charge on any atom is -0.326 e. The maximum atomic E-state index is 12.8. The number of amides is 6. The minimum absolute atomic E-state index is 0.193. The molecule has 1 aliphatic heterocycles. The van der Waals surface area contributed by atoms with Gasteiger partial charge in [0.05, 0.1) is 12.1 Å². The number of hydrazone groups is 1. The van der Waals surface area contributed by atoms with E-state index in [0.29, 0.717) is 11.4 Å². The van der Waals surface area contributed by atoms with Crippen LogP contribution in [-0.4, -0.2) is 35.9 Å². The summed E-state index contributed by atoms with van der Waals surface area (Å²) < 4.78 is 0. The van der Waals surface area contributed by atoms with E-state index >= 15 is 0 Å². The van der Waals surface area contributed by atoms with Crippen molar-refractivity contribution in [3.05, 3.63) is 95.6 Å². The molecule has 0 spiro atoms. The number of nitrogens with one attached hydrogen (secondary N) is 3. The Morgan fingerprint density at radius 1 is 0.946 bits per heavy atom. The smallest absolute Gasteiger partial charge is 0.326 e. The van der Waals surface area contributed by atoms with Gasteiger partial charge in [-0.15, -0.1) is 0 Å². The summed E-state index contributed by atoms with van der Waals surface area (Å²) >= 11 is 0. The lowest BCUT2D eigenvalue weighted by atomic mass is 10.1. The Hall–Kier alpha value is -5.12. The van der Waals surface area contributed by atoms with Crippen LogP contribution in [0.15, 0.2) is 84.0 Å². The summed E-state index contributed by atoms with van der Waals surface area (Å²) in [5, 5.41) is 8.62. The van der Waals surface area contributed by atoms with Crippen LogP contribution < -0.4 is 21.0 Å². The highest BCUT2D eigenvalue weighted by Crippen LogP contribution is 2.20. The third-order valence-corrected chi connectivity index (χ3v) is 5.52. The van der Waals surface area contributed by atoms with Crippen molar-refractivity contribution in [2.24, 2.45) is 11.0 Å². The first-order chi connectivity index (χ1) is 17.8. The zero-order chi connectivity index (χ0) is 26.4. The summed E-state index contributed by atoms with van der Waals surface area (Å²) in [5.74, 6) is -3.81.